The normalized spacial score (nSPS) is 15.5. The molecule has 1 aromatic rings. The molecule has 0 heterocycles. The molecule has 1 rings (SSSR count). The fourth-order valence-electron chi connectivity index (χ4n) is 1.02. The molecule has 0 aliphatic heterocycles. The van der Waals surface area contributed by atoms with Crippen molar-refractivity contribution in [1.29, 1.82) is 0 Å². The van der Waals surface area contributed by atoms with E-state index in [0.29, 0.717) is 0 Å². The predicted molar refractivity (Wildman–Crippen MR) is 58.5 cm³/mol. The molecule has 1 unspecified atom stereocenters. The maximum atomic E-state index is 11.7. The topological polar surface area (TPSA) is 71.4 Å². The Balaban J connectivity index is 3.26. The zero-order valence-corrected chi connectivity index (χ0v) is 9.62. The van der Waals surface area contributed by atoms with Crippen LogP contribution in [0.2, 0.25) is 0 Å². The van der Waals surface area contributed by atoms with E-state index in [4.69, 9.17) is 0 Å². The van der Waals surface area contributed by atoms with Gasteiger partial charge in [-0.1, -0.05) is 24.3 Å². The minimum Gasteiger partial charge on any atom is -0.333 e. The third-order valence-electron chi connectivity index (χ3n) is 1.78. The molecule has 0 fully saturated rings. The maximum absolute atomic E-state index is 11.7. The van der Waals surface area contributed by atoms with Gasteiger partial charge in [-0.15, -0.1) is 6.58 Å². The molecule has 0 spiro atoms. The number of hydrogen-bond donors (Lipinski definition) is 1. The molecule has 6 heteroatoms. The minimum atomic E-state index is -4.26. The first-order chi connectivity index (χ1) is 6.92. The maximum Gasteiger partial charge on any atom is 0.319 e. The van der Waals surface area contributed by atoms with Gasteiger partial charge < -0.3 is 4.89 Å². The lowest BCUT2D eigenvalue weighted by Crippen LogP contribution is -2.03. The van der Waals surface area contributed by atoms with E-state index in [2.05, 4.69) is 6.58 Å². The molecule has 4 nitrogen and oxygen atoms in total. The fourth-order valence-corrected chi connectivity index (χ4v) is 4.63. The Morgan fingerprint density at radius 2 is 1.87 bits per heavy atom. The summed E-state index contributed by atoms with van der Waals surface area (Å²) >= 11 is 0. The highest BCUT2D eigenvalue weighted by Crippen LogP contribution is 2.51. The van der Waals surface area contributed by atoms with Crippen molar-refractivity contribution in [3.05, 3.63) is 43.0 Å². The van der Waals surface area contributed by atoms with E-state index in [1.54, 1.807) is 6.07 Å². The lowest BCUT2D eigenvalue weighted by Gasteiger charge is -2.09. The van der Waals surface area contributed by atoms with Crippen molar-refractivity contribution < 1.29 is 17.9 Å². The second kappa shape index (κ2) is 4.31. The highest BCUT2D eigenvalue weighted by molar-refractivity contribution is 8.50. The minimum absolute atomic E-state index is 0.141. The number of benzene rings is 1. The highest BCUT2D eigenvalue weighted by atomic mass is 32.8. The van der Waals surface area contributed by atoms with E-state index in [1.807, 2.05) is 0 Å². The summed E-state index contributed by atoms with van der Waals surface area (Å²) in [4.78, 5) is 9.25. The number of allylic oxidation sites excluding steroid dienone is 1. The van der Waals surface area contributed by atoms with Crippen molar-refractivity contribution in [2.24, 2.45) is 0 Å². The van der Waals surface area contributed by atoms with Crippen LogP contribution in [0.5, 0.6) is 0 Å². The van der Waals surface area contributed by atoms with Crippen LogP contribution in [-0.4, -0.2) is 19.5 Å². The monoisotopic (exact) mass is 246 g/mol. The zero-order chi connectivity index (χ0) is 11.5. The van der Waals surface area contributed by atoms with Crippen molar-refractivity contribution in [1.82, 2.24) is 0 Å². The van der Waals surface area contributed by atoms with Gasteiger partial charge in [0.25, 0.3) is 9.46 Å². The van der Waals surface area contributed by atoms with Gasteiger partial charge in [0.1, 0.15) is 0 Å². The summed E-state index contributed by atoms with van der Waals surface area (Å²) in [7, 11) is -4.16. The van der Waals surface area contributed by atoms with Gasteiger partial charge in [-0.25, -0.2) is 8.42 Å². The fraction of sp³-hybridized carbons (Fsp3) is 0.111. The summed E-state index contributed by atoms with van der Waals surface area (Å²) in [5.74, 6) is 0. The van der Waals surface area contributed by atoms with Crippen LogP contribution < -0.4 is 0 Å². The molecule has 1 atom stereocenters. The third kappa shape index (κ3) is 2.37. The van der Waals surface area contributed by atoms with Crippen LogP contribution in [0.15, 0.2) is 47.9 Å². The Bertz CT molecular complexity index is 492. The summed E-state index contributed by atoms with van der Waals surface area (Å²) in [6.45, 7) is -1.01. The molecule has 1 aromatic carbocycles. The first-order valence-corrected chi connectivity index (χ1v) is 8.08. The van der Waals surface area contributed by atoms with Crippen LogP contribution in [0.3, 0.4) is 0 Å². The van der Waals surface area contributed by atoms with Gasteiger partial charge in [-0.3, -0.25) is 4.57 Å². The van der Waals surface area contributed by atoms with Crippen molar-refractivity contribution in [2.45, 2.75) is 4.90 Å². The molecular weight excluding hydrogens is 235 g/mol. The third-order valence-corrected chi connectivity index (χ3v) is 7.45. The van der Waals surface area contributed by atoms with E-state index in [0.717, 1.165) is 6.08 Å². The van der Waals surface area contributed by atoms with Gasteiger partial charge >= 0.3 is 6.57 Å². The smallest absolute Gasteiger partial charge is 0.319 e. The van der Waals surface area contributed by atoms with Gasteiger partial charge in [-0.05, 0) is 12.1 Å². The standard InChI is InChI=1S/C9H11O4PS/c1-2-8-14(10,11)15(12,13)9-6-4-3-5-7-9/h2-7H,1,8H2,(H,10,11). The van der Waals surface area contributed by atoms with Crippen LogP contribution in [-0.2, 0) is 14.0 Å². The lowest BCUT2D eigenvalue weighted by molar-refractivity contribution is 0.491. The Hall–Kier alpha value is -0.900. The molecule has 0 saturated carbocycles. The molecule has 0 aromatic heterocycles. The lowest BCUT2D eigenvalue weighted by atomic mass is 10.4. The highest BCUT2D eigenvalue weighted by Gasteiger charge is 2.35. The number of hydrogen-bond acceptors (Lipinski definition) is 3. The van der Waals surface area contributed by atoms with Crippen molar-refractivity contribution >= 4 is 16.0 Å². The van der Waals surface area contributed by atoms with Gasteiger partial charge in [0.05, 0.1) is 11.1 Å². The van der Waals surface area contributed by atoms with Gasteiger partial charge in [0.2, 0.25) is 0 Å². The van der Waals surface area contributed by atoms with Gasteiger partial charge in [-0.2, -0.15) is 0 Å². The Labute approximate surface area is 88.4 Å². The Morgan fingerprint density at radius 1 is 1.33 bits per heavy atom. The second-order valence-electron chi connectivity index (χ2n) is 2.90. The number of rotatable bonds is 4. The zero-order valence-electron chi connectivity index (χ0n) is 7.91. The van der Waals surface area contributed by atoms with E-state index in [1.165, 1.54) is 24.3 Å². The van der Waals surface area contributed by atoms with E-state index in [9.17, 15) is 17.9 Å². The predicted octanol–water partition coefficient (Wildman–Crippen LogP) is 1.83. The van der Waals surface area contributed by atoms with Crippen LogP contribution in [0.4, 0.5) is 0 Å². The van der Waals surface area contributed by atoms with Gasteiger partial charge in [0.15, 0.2) is 0 Å². The van der Waals surface area contributed by atoms with Crippen molar-refractivity contribution in [3.8, 4) is 0 Å². The molecular formula is C9H11O4PS. The summed E-state index contributed by atoms with van der Waals surface area (Å²) in [5, 5.41) is 0. The largest absolute Gasteiger partial charge is 0.333 e. The molecule has 0 saturated heterocycles. The molecule has 0 aliphatic rings. The van der Waals surface area contributed by atoms with Crippen LogP contribution >= 0.6 is 6.57 Å². The average Bonchev–Trinajstić information content (AvgIpc) is 2.19. The Morgan fingerprint density at radius 3 is 2.33 bits per heavy atom. The molecule has 0 bridgehead atoms. The van der Waals surface area contributed by atoms with Crippen molar-refractivity contribution in [3.63, 3.8) is 0 Å². The first kappa shape index (κ1) is 12.2. The molecule has 0 aliphatic carbocycles. The molecule has 15 heavy (non-hydrogen) atoms. The quantitative estimate of drug-likeness (QED) is 0.649. The summed E-state index contributed by atoms with van der Waals surface area (Å²) in [6.07, 6.45) is 0.686. The molecule has 0 amide bonds. The van der Waals surface area contributed by atoms with Gasteiger partial charge in [0, 0.05) is 0 Å². The van der Waals surface area contributed by atoms with Crippen molar-refractivity contribution in [2.75, 3.05) is 6.16 Å². The summed E-state index contributed by atoms with van der Waals surface area (Å²) in [6, 6.07) is 7.22. The van der Waals surface area contributed by atoms with Crippen LogP contribution in [0.25, 0.3) is 0 Å². The molecule has 82 valence electrons. The Kier molecular flexibility index (Phi) is 3.50. The average molecular weight is 246 g/mol. The van der Waals surface area contributed by atoms with E-state index in [-0.39, 0.29) is 4.90 Å². The summed E-state index contributed by atoms with van der Waals surface area (Å²) < 4.78 is 34.9. The SMILES string of the molecule is C=CCP(=O)(O)S(=O)(=O)c1ccccc1. The van der Waals surface area contributed by atoms with E-state index < -0.39 is 22.2 Å². The second-order valence-corrected chi connectivity index (χ2v) is 9.11. The van der Waals surface area contributed by atoms with Crippen LogP contribution in [0, 0.1) is 0 Å². The summed E-state index contributed by atoms with van der Waals surface area (Å²) in [5.41, 5.74) is 0. The van der Waals surface area contributed by atoms with E-state index >= 15 is 0 Å². The molecule has 1 N–H and O–H groups in total. The first-order valence-electron chi connectivity index (χ1n) is 4.15. The molecule has 0 radical (unpaired) electrons. The van der Waals surface area contributed by atoms with Crippen LogP contribution in [0.1, 0.15) is 0 Å².